The third-order valence-corrected chi connectivity index (χ3v) is 4.59. The van der Waals surface area contributed by atoms with Crippen LogP contribution in [0.25, 0.3) is 0 Å². The second-order valence-corrected chi connectivity index (χ2v) is 6.98. The van der Waals surface area contributed by atoms with E-state index in [2.05, 4.69) is 16.6 Å². The monoisotopic (exact) mass is 342 g/mol. The van der Waals surface area contributed by atoms with Crippen molar-refractivity contribution in [2.45, 2.75) is 4.90 Å². The first-order chi connectivity index (χ1) is 11.4. The lowest BCUT2D eigenvalue weighted by molar-refractivity contribution is 0.0827. The lowest BCUT2D eigenvalue weighted by Crippen LogP contribution is -2.23. The van der Waals surface area contributed by atoms with Crippen LogP contribution in [-0.4, -0.2) is 39.9 Å². The molecule has 5 nitrogen and oxygen atoms in total. The summed E-state index contributed by atoms with van der Waals surface area (Å²) in [6.07, 6.45) is 0. The lowest BCUT2D eigenvalue weighted by atomic mass is 10.1. The maximum atomic E-state index is 12.0. The van der Waals surface area contributed by atoms with Crippen molar-refractivity contribution in [2.75, 3.05) is 20.6 Å². The molecule has 0 atom stereocenters. The zero-order valence-electron chi connectivity index (χ0n) is 13.5. The fourth-order valence-corrected chi connectivity index (χ4v) is 2.86. The quantitative estimate of drug-likeness (QED) is 0.861. The van der Waals surface area contributed by atoms with Gasteiger partial charge in [-0.1, -0.05) is 30.0 Å². The summed E-state index contributed by atoms with van der Waals surface area (Å²) in [6.45, 7) is 0.00953. The van der Waals surface area contributed by atoms with Gasteiger partial charge in [-0.15, -0.1) is 0 Å². The van der Waals surface area contributed by atoms with Gasteiger partial charge in [-0.05, 0) is 36.4 Å². The molecule has 2 rings (SSSR count). The molecule has 0 aliphatic rings. The van der Waals surface area contributed by atoms with E-state index < -0.39 is 10.0 Å². The predicted octanol–water partition coefficient (Wildman–Crippen LogP) is 1.72. The molecule has 1 N–H and O–H groups in total. The number of carbonyl (C=O) groups is 1. The van der Waals surface area contributed by atoms with Crippen LogP contribution in [0.2, 0.25) is 0 Å². The van der Waals surface area contributed by atoms with E-state index in [9.17, 15) is 13.2 Å². The summed E-state index contributed by atoms with van der Waals surface area (Å²) in [7, 11) is -0.166. The highest BCUT2D eigenvalue weighted by molar-refractivity contribution is 7.89. The highest BCUT2D eigenvalue weighted by atomic mass is 32.2. The second kappa shape index (κ2) is 7.77. The minimum atomic E-state index is -3.54. The summed E-state index contributed by atoms with van der Waals surface area (Å²) in [5, 5.41) is 0. The number of sulfonamides is 1. The number of amides is 1. The van der Waals surface area contributed by atoms with E-state index in [4.69, 9.17) is 0 Å². The molecule has 0 heterocycles. The van der Waals surface area contributed by atoms with E-state index in [-0.39, 0.29) is 17.3 Å². The van der Waals surface area contributed by atoms with Crippen LogP contribution in [-0.2, 0) is 10.0 Å². The van der Waals surface area contributed by atoms with Crippen LogP contribution in [0.4, 0.5) is 0 Å². The van der Waals surface area contributed by atoms with Gasteiger partial charge in [0.05, 0.1) is 11.4 Å². The maximum absolute atomic E-state index is 12.0. The van der Waals surface area contributed by atoms with Crippen LogP contribution in [0, 0.1) is 11.8 Å². The number of benzene rings is 2. The van der Waals surface area contributed by atoms with Gasteiger partial charge in [0.1, 0.15) is 0 Å². The van der Waals surface area contributed by atoms with Crippen LogP contribution >= 0.6 is 0 Å². The summed E-state index contributed by atoms with van der Waals surface area (Å²) in [6, 6.07) is 15.0. The minimum absolute atomic E-state index is 0.00953. The number of hydrogen-bond acceptors (Lipinski definition) is 3. The van der Waals surface area contributed by atoms with Crippen molar-refractivity contribution >= 4 is 15.9 Å². The first-order valence-electron chi connectivity index (χ1n) is 7.25. The SMILES string of the molecule is CN(C)C(=O)c1ccc(C#CCNS(=O)(=O)c2ccccc2)cc1. The highest BCUT2D eigenvalue weighted by Gasteiger charge is 2.11. The molecule has 0 unspecified atom stereocenters. The van der Waals surface area contributed by atoms with Gasteiger partial charge in [0, 0.05) is 25.2 Å². The average molecular weight is 342 g/mol. The Morgan fingerprint density at radius 1 is 1.04 bits per heavy atom. The van der Waals surface area contributed by atoms with Crippen molar-refractivity contribution in [1.82, 2.24) is 9.62 Å². The van der Waals surface area contributed by atoms with Crippen LogP contribution < -0.4 is 4.72 Å². The number of rotatable bonds is 4. The molecule has 0 saturated heterocycles. The Bertz CT molecular complexity index is 862. The van der Waals surface area contributed by atoms with Crippen LogP contribution in [0.5, 0.6) is 0 Å². The fraction of sp³-hybridized carbons (Fsp3) is 0.167. The van der Waals surface area contributed by atoms with Crippen LogP contribution in [0.15, 0.2) is 59.5 Å². The van der Waals surface area contributed by atoms with Gasteiger partial charge in [0.2, 0.25) is 10.0 Å². The third kappa shape index (κ3) is 4.69. The number of hydrogen-bond donors (Lipinski definition) is 1. The number of carbonyl (C=O) groups excluding carboxylic acids is 1. The molecule has 124 valence electrons. The molecule has 24 heavy (non-hydrogen) atoms. The van der Waals surface area contributed by atoms with Gasteiger partial charge >= 0.3 is 0 Å². The molecule has 1 amide bonds. The Hall–Kier alpha value is -2.62. The highest BCUT2D eigenvalue weighted by Crippen LogP contribution is 2.07. The third-order valence-electron chi connectivity index (χ3n) is 3.17. The molecule has 0 aromatic heterocycles. The molecule has 0 aliphatic heterocycles. The molecule has 2 aromatic rings. The Labute approximate surface area is 142 Å². The van der Waals surface area contributed by atoms with Crippen molar-refractivity contribution in [3.8, 4) is 11.8 Å². The van der Waals surface area contributed by atoms with Crippen molar-refractivity contribution in [3.63, 3.8) is 0 Å². The molecule has 2 aromatic carbocycles. The average Bonchev–Trinajstić information content (AvgIpc) is 2.59. The standard InChI is InChI=1S/C18H18N2O3S/c1-20(2)18(21)16-12-10-15(11-13-16)7-6-14-19-24(22,23)17-8-4-3-5-9-17/h3-5,8-13,19H,14H2,1-2H3. The smallest absolute Gasteiger partial charge is 0.253 e. The second-order valence-electron chi connectivity index (χ2n) is 5.22. The van der Waals surface area contributed by atoms with Crippen molar-refractivity contribution in [2.24, 2.45) is 0 Å². The maximum Gasteiger partial charge on any atom is 0.253 e. The predicted molar refractivity (Wildman–Crippen MR) is 93.0 cm³/mol. The zero-order valence-corrected chi connectivity index (χ0v) is 14.3. The topological polar surface area (TPSA) is 66.5 Å². The molecular formula is C18H18N2O3S. The van der Waals surface area contributed by atoms with Crippen LogP contribution in [0.1, 0.15) is 15.9 Å². The van der Waals surface area contributed by atoms with E-state index >= 15 is 0 Å². The molecule has 0 saturated carbocycles. The number of nitrogens with one attached hydrogen (secondary N) is 1. The van der Waals surface area contributed by atoms with Gasteiger partial charge in [-0.25, -0.2) is 8.42 Å². The molecule has 6 heteroatoms. The molecule has 0 fully saturated rings. The van der Waals surface area contributed by atoms with Gasteiger partial charge in [0.25, 0.3) is 5.91 Å². The fourth-order valence-electron chi connectivity index (χ4n) is 1.91. The van der Waals surface area contributed by atoms with Gasteiger partial charge in [-0.3, -0.25) is 4.79 Å². The van der Waals surface area contributed by atoms with Crippen LogP contribution in [0.3, 0.4) is 0 Å². The molecular weight excluding hydrogens is 324 g/mol. The Morgan fingerprint density at radius 2 is 1.67 bits per heavy atom. The van der Waals surface area contributed by atoms with E-state index in [1.54, 1.807) is 56.6 Å². The van der Waals surface area contributed by atoms with E-state index in [1.165, 1.54) is 17.0 Å². The Kier molecular flexibility index (Phi) is 5.74. The first-order valence-corrected chi connectivity index (χ1v) is 8.74. The Balaban J connectivity index is 1.98. The van der Waals surface area contributed by atoms with Gasteiger partial charge in [-0.2, -0.15) is 4.72 Å². The Morgan fingerprint density at radius 3 is 2.25 bits per heavy atom. The molecule has 0 aliphatic carbocycles. The molecule has 0 bridgehead atoms. The molecule has 0 spiro atoms. The summed E-state index contributed by atoms with van der Waals surface area (Å²) in [5.74, 6) is 5.55. The van der Waals surface area contributed by atoms with Gasteiger partial charge in [0.15, 0.2) is 0 Å². The van der Waals surface area contributed by atoms with Crippen molar-refractivity contribution in [1.29, 1.82) is 0 Å². The van der Waals surface area contributed by atoms with Gasteiger partial charge < -0.3 is 4.90 Å². The lowest BCUT2D eigenvalue weighted by Gasteiger charge is -2.09. The first kappa shape index (κ1) is 17.7. The largest absolute Gasteiger partial charge is 0.345 e. The summed E-state index contributed by atoms with van der Waals surface area (Å²) in [4.78, 5) is 13.5. The number of nitrogens with zero attached hydrogens (tertiary/aromatic N) is 1. The summed E-state index contributed by atoms with van der Waals surface area (Å²) < 4.78 is 26.4. The van der Waals surface area contributed by atoms with Crippen molar-refractivity contribution < 1.29 is 13.2 Å². The zero-order chi connectivity index (χ0) is 17.6. The van der Waals surface area contributed by atoms with E-state index in [0.29, 0.717) is 11.1 Å². The summed E-state index contributed by atoms with van der Waals surface area (Å²) in [5.41, 5.74) is 1.29. The summed E-state index contributed by atoms with van der Waals surface area (Å²) >= 11 is 0. The van der Waals surface area contributed by atoms with E-state index in [1.807, 2.05) is 0 Å². The minimum Gasteiger partial charge on any atom is -0.345 e. The normalized spacial score (nSPS) is 10.6. The molecule has 0 radical (unpaired) electrons. The van der Waals surface area contributed by atoms with Crippen molar-refractivity contribution in [3.05, 3.63) is 65.7 Å². The van der Waals surface area contributed by atoms with E-state index in [0.717, 1.165) is 0 Å².